The molecule has 222 valence electrons. The summed E-state index contributed by atoms with van der Waals surface area (Å²) < 4.78 is 35.1. The number of halogens is 2. The largest absolute Gasteiger partial charge is 0.496 e. The molecule has 0 bridgehead atoms. The van der Waals surface area contributed by atoms with Crippen LogP contribution in [0.4, 0.5) is 20.5 Å². The van der Waals surface area contributed by atoms with Crippen LogP contribution in [0.25, 0.3) is 21.9 Å². The van der Waals surface area contributed by atoms with Crippen LogP contribution >= 0.6 is 0 Å². The fourth-order valence-electron chi connectivity index (χ4n) is 5.36. The third-order valence-corrected chi connectivity index (χ3v) is 7.43. The minimum Gasteiger partial charge on any atom is -0.496 e. The SMILES string of the molecule is CCCCNc1nc(N)nc2c3ccccc3n(Cc3cc(CNC4CCC(F)(F)CC4)ccc3OC)c12.CCO. The number of para-hydroxylation sites is 1. The van der Waals surface area contributed by atoms with E-state index in [-0.39, 0.29) is 31.4 Å². The molecule has 8 nitrogen and oxygen atoms in total. The number of aliphatic hydroxyl groups excluding tert-OH is 1. The van der Waals surface area contributed by atoms with Crippen LogP contribution in [0, 0.1) is 0 Å². The number of fused-ring (bicyclic) bond motifs is 3. The Morgan fingerprint density at radius 1 is 1.12 bits per heavy atom. The van der Waals surface area contributed by atoms with Crippen molar-refractivity contribution in [2.24, 2.45) is 0 Å². The van der Waals surface area contributed by atoms with E-state index in [0.717, 1.165) is 64.0 Å². The van der Waals surface area contributed by atoms with Gasteiger partial charge in [0.15, 0.2) is 5.82 Å². The molecular weight excluding hydrogens is 526 g/mol. The van der Waals surface area contributed by atoms with E-state index in [4.69, 9.17) is 15.6 Å². The number of ether oxygens (including phenoxy) is 1. The molecule has 1 fully saturated rings. The van der Waals surface area contributed by atoms with Gasteiger partial charge in [0.05, 0.1) is 19.2 Å². The number of benzene rings is 2. The number of nitrogens with one attached hydrogen (secondary N) is 2. The Morgan fingerprint density at radius 3 is 2.56 bits per heavy atom. The van der Waals surface area contributed by atoms with Crippen LogP contribution in [0.2, 0.25) is 0 Å². The van der Waals surface area contributed by atoms with E-state index in [1.54, 1.807) is 14.0 Å². The maximum Gasteiger partial charge on any atom is 0.248 e. The second-order valence-corrected chi connectivity index (χ2v) is 10.5. The van der Waals surface area contributed by atoms with Crippen LogP contribution in [0.15, 0.2) is 42.5 Å². The number of rotatable bonds is 10. The minimum absolute atomic E-state index is 0.0481. The molecule has 0 radical (unpaired) electrons. The van der Waals surface area contributed by atoms with Gasteiger partial charge in [0.25, 0.3) is 0 Å². The lowest BCUT2D eigenvalue weighted by molar-refractivity contribution is -0.0405. The number of nitrogen functional groups attached to an aromatic ring is 1. The van der Waals surface area contributed by atoms with Gasteiger partial charge in [-0.1, -0.05) is 37.6 Å². The number of methoxy groups -OCH3 is 1. The second-order valence-electron chi connectivity index (χ2n) is 10.5. The number of hydrogen-bond donors (Lipinski definition) is 4. The summed E-state index contributed by atoms with van der Waals surface area (Å²) in [7, 11) is 1.67. The number of anilines is 2. The Hall–Kier alpha value is -3.50. The first-order chi connectivity index (χ1) is 19.8. The molecule has 0 saturated heterocycles. The molecule has 0 amide bonds. The molecule has 2 aromatic heterocycles. The molecule has 2 aromatic carbocycles. The summed E-state index contributed by atoms with van der Waals surface area (Å²) in [5.74, 6) is -0.769. The maximum absolute atomic E-state index is 13.6. The van der Waals surface area contributed by atoms with Gasteiger partial charge in [-0.25, -0.2) is 13.8 Å². The maximum atomic E-state index is 13.6. The zero-order chi connectivity index (χ0) is 29.4. The van der Waals surface area contributed by atoms with Gasteiger partial charge in [-0.15, -0.1) is 0 Å². The molecule has 1 saturated carbocycles. The van der Waals surface area contributed by atoms with Gasteiger partial charge < -0.3 is 30.8 Å². The zero-order valence-corrected chi connectivity index (χ0v) is 24.2. The van der Waals surface area contributed by atoms with Crippen molar-refractivity contribution in [3.05, 3.63) is 53.6 Å². The summed E-state index contributed by atoms with van der Waals surface area (Å²) in [5, 5.41) is 15.5. The highest BCUT2D eigenvalue weighted by molar-refractivity contribution is 6.09. The van der Waals surface area contributed by atoms with Gasteiger partial charge in [0.2, 0.25) is 11.9 Å². The molecule has 5 rings (SSSR count). The van der Waals surface area contributed by atoms with Gasteiger partial charge in [-0.3, -0.25) is 0 Å². The molecule has 1 aliphatic carbocycles. The summed E-state index contributed by atoms with van der Waals surface area (Å²) in [6, 6.07) is 14.4. The summed E-state index contributed by atoms with van der Waals surface area (Å²) in [4.78, 5) is 9.18. The van der Waals surface area contributed by atoms with Crippen molar-refractivity contribution in [1.82, 2.24) is 19.9 Å². The summed E-state index contributed by atoms with van der Waals surface area (Å²) in [6.45, 7) is 6.04. The Kier molecular flexibility index (Phi) is 10.3. The second kappa shape index (κ2) is 13.9. The highest BCUT2D eigenvalue weighted by Gasteiger charge is 2.34. The summed E-state index contributed by atoms with van der Waals surface area (Å²) in [5.41, 5.74) is 11.0. The zero-order valence-electron chi connectivity index (χ0n) is 24.2. The van der Waals surface area contributed by atoms with Gasteiger partial charge >= 0.3 is 0 Å². The molecule has 41 heavy (non-hydrogen) atoms. The predicted octanol–water partition coefficient (Wildman–Crippen LogP) is 6.10. The summed E-state index contributed by atoms with van der Waals surface area (Å²) in [6.07, 6.45) is 2.98. The average Bonchev–Trinajstić information content (AvgIpc) is 3.26. The first-order valence-electron chi connectivity index (χ1n) is 14.5. The molecule has 5 N–H and O–H groups in total. The van der Waals surface area contributed by atoms with E-state index in [1.807, 2.05) is 24.3 Å². The summed E-state index contributed by atoms with van der Waals surface area (Å²) >= 11 is 0. The fraction of sp³-hybridized carbons (Fsp3) is 0.484. The lowest BCUT2D eigenvalue weighted by atomic mass is 9.92. The smallest absolute Gasteiger partial charge is 0.248 e. The number of aromatic nitrogens is 3. The third kappa shape index (κ3) is 7.42. The fourth-order valence-corrected chi connectivity index (χ4v) is 5.36. The number of nitrogens with zero attached hydrogens (tertiary/aromatic N) is 3. The molecule has 10 heteroatoms. The van der Waals surface area contributed by atoms with E-state index in [2.05, 4.69) is 50.3 Å². The molecular formula is C31H42F2N6O2. The van der Waals surface area contributed by atoms with Gasteiger partial charge in [-0.2, -0.15) is 4.98 Å². The van der Waals surface area contributed by atoms with Crippen molar-refractivity contribution in [2.45, 2.75) is 77.4 Å². The number of alkyl halides is 2. The van der Waals surface area contributed by atoms with Crippen molar-refractivity contribution in [3.8, 4) is 5.75 Å². The first-order valence-corrected chi connectivity index (χ1v) is 14.5. The number of aliphatic hydroxyl groups is 1. The Bertz CT molecular complexity index is 1430. The quantitative estimate of drug-likeness (QED) is 0.171. The molecule has 0 aliphatic heterocycles. The predicted molar refractivity (Wildman–Crippen MR) is 162 cm³/mol. The van der Waals surface area contributed by atoms with E-state index in [1.165, 1.54) is 0 Å². The van der Waals surface area contributed by atoms with Gasteiger partial charge in [0.1, 0.15) is 16.8 Å². The molecule has 0 spiro atoms. The van der Waals surface area contributed by atoms with Crippen LogP contribution in [0.1, 0.15) is 63.5 Å². The monoisotopic (exact) mass is 568 g/mol. The third-order valence-electron chi connectivity index (χ3n) is 7.43. The standard InChI is InChI=1S/C29H36F2N6O.C2H6O/c1-3-4-15-33-27-26-25(35-28(32)36-27)22-7-5-6-8-23(22)37(26)18-20-16-19(9-10-24(20)38-2)17-34-21-11-13-29(30,31)14-12-21;1-2-3/h5-10,16,21,34H,3-4,11-15,17-18H2,1-2H3,(H3,32,33,35,36);3H,2H2,1H3. The van der Waals surface area contributed by atoms with E-state index in [9.17, 15) is 8.78 Å². The molecule has 4 aromatic rings. The van der Waals surface area contributed by atoms with Crippen molar-refractivity contribution in [3.63, 3.8) is 0 Å². The Morgan fingerprint density at radius 2 is 1.85 bits per heavy atom. The highest BCUT2D eigenvalue weighted by atomic mass is 19.3. The lowest BCUT2D eigenvalue weighted by Crippen LogP contribution is -2.36. The molecule has 2 heterocycles. The van der Waals surface area contributed by atoms with Gasteiger partial charge in [-0.05, 0) is 49.9 Å². The lowest BCUT2D eigenvalue weighted by Gasteiger charge is -2.29. The topological polar surface area (TPSA) is 110 Å². The number of hydrogen-bond acceptors (Lipinski definition) is 7. The average molecular weight is 569 g/mol. The molecule has 0 unspecified atom stereocenters. The number of nitrogens with two attached hydrogens (primary N) is 1. The minimum atomic E-state index is -2.52. The Balaban J connectivity index is 0.00000124. The van der Waals surface area contributed by atoms with Crippen LogP contribution < -0.4 is 21.1 Å². The molecule has 1 aliphatic rings. The van der Waals surface area contributed by atoms with Crippen molar-refractivity contribution >= 4 is 33.7 Å². The van der Waals surface area contributed by atoms with Crippen molar-refractivity contribution < 1.29 is 18.6 Å². The van der Waals surface area contributed by atoms with Crippen LogP contribution in [-0.4, -0.2) is 51.9 Å². The van der Waals surface area contributed by atoms with Crippen LogP contribution in [0.5, 0.6) is 5.75 Å². The van der Waals surface area contributed by atoms with Crippen LogP contribution in [-0.2, 0) is 13.1 Å². The highest BCUT2D eigenvalue weighted by Crippen LogP contribution is 2.35. The van der Waals surface area contributed by atoms with Crippen molar-refractivity contribution in [1.29, 1.82) is 0 Å². The van der Waals surface area contributed by atoms with Gasteiger partial charge in [0, 0.05) is 49.5 Å². The van der Waals surface area contributed by atoms with Crippen LogP contribution in [0.3, 0.4) is 0 Å². The Labute approximate surface area is 240 Å². The first kappa shape index (κ1) is 30.5. The van der Waals surface area contributed by atoms with E-state index in [0.29, 0.717) is 25.9 Å². The van der Waals surface area contributed by atoms with Crippen molar-refractivity contribution in [2.75, 3.05) is 31.3 Å². The normalized spacial score (nSPS) is 15.1. The molecule has 0 atom stereocenters. The number of unbranched alkanes of at least 4 members (excludes halogenated alkanes) is 1. The van der Waals surface area contributed by atoms with E-state index >= 15 is 0 Å². The van der Waals surface area contributed by atoms with E-state index < -0.39 is 5.92 Å².